The topological polar surface area (TPSA) is 58.9 Å². The van der Waals surface area contributed by atoms with E-state index in [1.807, 2.05) is 31.2 Å². The number of esters is 1. The first kappa shape index (κ1) is 26.9. The van der Waals surface area contributed by atoms with E-state index in [0.29, 0.717) is 19.3 Å². The van der Waals surface area contributed by atoms with Crippen molar-refractivity contribution in [2.24, 2.45) is 11.0 Å². The van der Waals surface area contributed by atoms with Crippen LogP contribution in [0.1, 0.15) is 50.7 Å². The summed E-state index contributed by atoms with van der Waals surface area (Å²) in [5.41, 5.74) is 6.17. The Morgan fingerprint density at radius 2 is 1.51 bits per heavy atom. The van der Waals surface area contributed by atoms with Crippen molar-refractivity contribution in [1.82, 2.24) is 4.59 Å². The summed E-state index contributed by atoms with van der Waals surface area (Å²) in [6.45, 7) is 6.16. The number of hydrogen-bond acceptors (Lipinski definition) is 4. The van der Waals surface area contributed by atoms with Crippen molar-refractivity contribution in [3.05, 3.63) is 101 Å². The summed E-state index contributed by atoms with van der Waals surface area (Å²) in [5.74, 6) is -1.05. The van der Waals surface area contributed by atoms with Crippen LogP contribution in [0.4, 0.5) is 20.2 Å². The van der Waals surface area contributed by atoms with Crippen molar-refractivity contribution in [3.8, 4) is 0 Å². The third-order valence-corrected chi connectivity index (χ3v) is 7.40. The number of carbonyl (C=O) groups excluding carboxylic acids is 1. The van der Waals surface area contributed by atoms with Crippen molar-refractivity contribution in [1.29, 1.82) is 0 Å². The molecule has 0 spiro atoms. The molecule has 5 nitrogen and oxygen atoms in total. The van der Waals surface area contributed by atoms with Crippen molar-refractivity contribution in [2.45, 2.75) is 58.7 Å². The largest absolute Gasteiger partial charge is 0.462 e. The lowest BCUT2D eigenvalue weighted by molar-refractivity contribution is -0.160. The fraction of sp³-hybridized carbons (Fsp3) is 0.312. The molecule has 202 valence electrons. The molecule has 39 heavy (non-hydrogen) atoms. The zero-order valence-electron chi connectivity index (χ0n) is 22.4. The van der Waals surface area contributed by atoms with Crippen LogP contribution in [0.5, 0.6) is 0 Å². The zero-order valence-corrected chi connectivity index (χ0v) is 22.4. The Balaban J connectivity index is 1.74. The van der Waals surface area contributed by atoms with E-state index < -0.39 is 18.2 Å². The number of aryl methyl sites for hydroxylation is 1. The van der Waals surface area contributed by atoms with Crippen LogP contribution >= 0.6 is 0 Å². The molecule has 2 aliphatic rings. The van der Waals surface area contributed by atoms with E-state index in [2.05, 4.69) is 13.8 Å². The summed E-state index contributed by atoms with van der Waals surface area (Å²) in [5, 5.41) is 15.5. The van der Waals surface area contributed by atoms with Crippen LogP contribution in [-0.4, -0.2) is 29.0 Å². The molecule has 0 aromatic heterocycles. The third kappa shape index (κ3) is 5.29. The molecule has 7 heteroatoms. The molecule has 1 fully saturated rings. The molecule has 5 rings (SSSR count). The predicted octanol–water partition coefficient (Wildman–Crippen LogP) is 7.20. The molecule has 1 unspecified atom stereocenters. The van der Waals surface area contributed by atoms with Gasteiger partial charge in [0.2, 0.25) is 0 Å². The Bertz CT molecular complexity index is 1370. The number of nitrogens with zero attached hydrogens (tertiary/aromatic N) is 2. The highest BCUT2D eigenvalue weighted by Crippen LogP contribution is 2.51. The SMILES string of the molecule is Cc1ccc([N+]2(c3ccc(F)cc3)N=C(C(C)C)C(CC[C@@H]3C[C@@H](O)CC(=O)O3)=C2c2ccc(F)cc2)cc1. The number of hydrogen-bond donors (Lipinski definition) is 1. The van der Waals surface area contributed by atoms with E-state index in [0.717, 1.165) is 39.5 Å². The lowest BCUT2D eigenvalue weighted by Crippen LogP contribution is -2.35. The molecule has 2 heterocycles. The minimum absolute atomic E-state index is 0.0106. The summed E-state index contributed by atoms with van der Waals surface area (Å²) in [6.07, 6.45) is 0.300. The minimum atomic E-state index is -0.717. The second kappa shape index (κ2) is 10.8. The summed E-state index contributed by atoms with van der Waals surface area (Å²) in [4.78, 5) is 12.0. The number of carbonyl (C=O) groups is 1. The first-order valence-electron chi connectivity index (χ1n) is 13.4. The third-order valence-electron chi connectivity index (χ3n) is 7.40. The van der Waals surface area contributed by atoms with Gasteiger partial charge < -0.3 is 9.84 Å². The maximum Gasteiger partial charge on any atom is 0.308 e. The van der Waals surface area contributed by atoms with Crippen LogP contribution in [0.15, 0.2) is 83.5 Å². The Labute approximate surface area is 227 Å². The zero-order chi connectivity index (χ0) is 27.7. The first-order chi connectivity index (χ1) is 18.7. The van der Waals surface area contributed by atoms with Crippen molar-refractivity contribution >= 4 is 28.8 Å². The molecule has 0 amide bonds. The van der Waals surface area contributed by atoms with Gasteiger partial charge in [0.1, 0.15) is 23.5 Å². The van der Waals surface area contributed by atoms with E-state index in [9.17, 15) is 18.7 Å². The number of allylic oxidation sites excluding steroid dienone is 1. The molecular weight excluding hydrogens is 498 g/mol. The average molecular weight is 532 g/mol. The molecule has 2 aliphatic heterocycles. The van der Waals surface area contributed by atoms with Gasteiger partial charge in [0, 0.05) is 47.7 Å². The fourth-order valence-corrected chi connectivity index (χ4v) is 5.55. The highest BCUT2D eigenvalue weighted by atomic mass is 19.1. The van der Waals surface area contributed by atoms with Gasteiger partial charge in [-0.25, -0.2) is 8.78 Å². The smallest absolute Gasteiger partial charge is 0.308 e. The molecule has 3 aromatic carbocycles. The number of aliphatic hydroxyl groups excluding tert-OH is 1. The summed E-state index contributed by atoms with van der Waals surface area (Å²) >= 11 is 0. The summed E-state index contributed by atoms with van der Waals surface area (Å²) < 4.78 is 33.8. The number of benzene rings is 3. The van der Waals surface area contributed by atoms with Crippen LogP contribution in [0.2, 0.25) is 0 Å². The van der Waals surface area contributed by atoms with Gasteiger partial charge in [0.05, 0.1) is 12.5 Å². The normalized spacial score (nSPS) is 23.3. The molecule has 3 atom stereocenters. The average Bonchev–Trinajstić information content (AvgIpc) is 3.24. The molecule has 3 aromatic rings. The fourth-order valence-electron chi connectivity index (χ4n) is 5.55. The van der Waals surface area contributed by atoms with Gasteiger partial charge in [0.15, 0.2) is 17.1 Å². The molecule has 1 N–H and O–H groups in total. The van der Waals surface area contributed by atoms with E-state index >= 15 is 0 Å². The standard InChI is InChI=1S/C32H33F2N2O3/c1-20(2)31-29(17-16-28-18-27(37)19-30(38)39-28)32(22-6-8-23(33)9-7-22)36(35-31,25-12-4-21(3)5-13-25)26-14-10-24(34)11-15-26/h4-15,20,27-28,37H,16-19H2,1-3H3/q+1/t27-,28-,36?/m1/s1. The molecule has 1 saturated heterocycles. The monoisotopic (exact) mass is 531 g/mol. The Morgan fingerprint density at radius 1 is 0.949 bits per heavy atom. The van der Waals surface area contributed by atoms with Crippen molar-refractivity contribution in [2.75, 3.05) is 0 Å². The number of quaternary nitrogens is 1. The maximum atomic E-state index is 14.1. The quantitative estimate of drug-likeness (QED) is 0.259. The van der Waals surface area contributed by atoms with Gasteiger partial charge in [-0.3, -0.25) is 4.79 Å². The first-order valence-corrected chi connectivity index (χ1v) is 13.4. The Hall–Kier alpha value is -3.68. The Kier molecular flexibility index (Phi) is 7.47. The summed E-state index contributed by atoms with van der Waals surface area (Å²) in [7, 11) is 0. The maximum absolute atomic E-state index is 14.1. The highest BCUT2D eigenvalue weighted by Gasteiger charge is 2.49. The summed E-state index contributed by atoms with van der Waals surface area (Å²) in [6, 6.07) is 20.8. The number of halogens is 2. The van der Waals surface area contributed by atoms with Crippen LogP contribution in [0.3, 0.4) is 0 Å². The second-order valence-electron chi connectivity index (χ2n) is 10.7. The van der Waals surface area contributed by atoms with Crippen LogP contribution in [0, 0.1) is 24.5 Å². The molecule has 0 saturated carbocycles. The molecule has 0 aliphatic carbocycles. The minimum Gasteiger partial charge on any atom is -0.462 e. The van der Waals surface area contributed by atoms with Gasteiger partial charge in [-0.05, 0) is 56.2 Å². The van der Waals surface area contributed by atoms with Gasteiger partial charge >= 0.3 is 5.97 Å². The van der Waals surface area contributed by atoms with Gasteiger partial charge in [-0.1, -0.05) is 36.6 Å². The number of ether oxygens (including phenoxy) is 1. The lowest BCUT2D eigenvalue weighted by Gasteiger charge is -2.31. The molecular formula is C32H33F2N2O3+. The van der Waals surface area contributed by atoms with Crippen LogP contribution in [-0.2, 0) is 9.53 Å². The van der Waals surface area contributed by atoms with Crippen LogP contribution < -0.4 is 4.59 Å². The second-order valence-corrected chi connectivity index (χ2v) is 10.7. The number of cyclic esters (lactones) is 1. The highest BCUT2D eigenvalue weighted by molar-refractivity contribution is 6.13. The Morgan fingerprint density at radius 3 is 2.08 bits per heavy atom. The van der Waals surface area contributed by atoms with Crippen LogP contribution in [0.25, 0.3) is 5.70 Å². The van der Waals surface area contributed by atoms with Gasteiger partial charge in [-0.2, -0.15) is 0 Å². The number of rotatable bonds is 7. The van der Waals surface area contributed by atoms with E-state index in [1.165, 1.54) is 24.3 Å². The molecule has 0 bridgehead atoms. The predicted molar refractivity (Wildman–Crippen MR) is 149 cm³/mol. The number of aliphatic hydroxyl groups is 1. The molecule has 0 radical (unpaired) electrons. The van der Waals surface area contributed by atoms with E-state index in [1.54, 1.807) is 24.3 Å². The van der Waals surface area contributed by atoms with Crippen molar-refractivity contribution in [3.63, 3.8) is 0 Å². The van der Waals surface area contributed by atoms with Gasteiger partial charge in [0.25, 0.3) is 0 Å². The van der Waals surface area contributed by atoms with E-state index in [-0.39, 0.29) is 28.6 Å². The van der Waals surface area contributed by atoms with E-state index in [4.69, 9.17) is 9.84 Å². The van der Waals surface area contributed by atoms with Gasteiger partial charge in [-0.15, -0.1) is 4.59 Å². The van der Waals surface area contributed by atoms with Crippen molar-refractivity contribution < 1.29 is 23.4 Å². The lowest BCUT2D eigenvalue weighted by atomic mass is 9.90.